The molecule has 2 aromatic rings. The molecule has 0 aliphatic carbocycles. The maximum atomic E-state index is 10.2. The van der Waals surface area contributed by atoms with E-state index in [-0.39, 0.29) is 24.0 Å². The van der Waals surface area contributed by atoms with Gasteiger partial charge in [0.1, 0.15) is 6.10 Å². The number of thiophene rings is 1. The van der Waals surface area contributed by atoms with Crippen LogP contribution in [0.25, 0.3) is 0 Å². The van der Waals surface area contributed by atoms with E-state index in [0.29, 0.717) is 16.8 Å². The van der Waals surface area contributed by atoms with Gasteiger partial charge in [-0.3, -0.25) is 4.99 Å². The highest BCUT2D eigenvalue weighted by atomic mass is 127. The van der Waals surface area contributed by atoms with Crippen molar-refractivity contribution >= 4 is 52.9 Å². The molecule has 4 nitrogen and oxygen atoms in total. The van der Waals surface area contributed by atoms with Crippen LogP contribution in [-0.2, 0) is 6.42 Å². The van der Waals surface area contributed by atoms with E-state index in [1.807, 2.05) is 13.0 Å². The van der Waals surface area contributed by atoms with Crippen LogP contribution >= 0.6 is 46.9 Å². The van der Waals surface area contributed by atoms with E-state index in [2.05, 4.69) is 46.8 Å². The zero-order chi connectivity index (χ0) is 17.4. The van der Waals surface area contributed by atoms with Gasteiger partial charge in [-0.25, -0.2) is 0 Å². The van der Waals surface area contributed by atoms with Gasteiger partial charge >= 0.3 is 0 Å². The van der Waals surface area contributed by atoms with Gasteiger partial charge in [0.05, 0.1) is 10.9 Å². The molecule has 0 aliphatic heterocycles. The number of aliphatic hydroxyl groups excluding tert-OH is 1. The molecule has 0 amide bonds. The average molecular weight is 494 g/mol. The first-order valence-corrected chi connectivity index (χ1v) is 9.29. The van der Waals surface area contributed by atoms with Crippen molar-refractivity contribution in [1.82, 2.24) is 10.6 Å². The van der Waals surface area contributed by atoms with Crippen molar-refractivity contribution in [3.05, 3.63) is 56.7 Å². The highest BCUT2D eigenvalue weighted by Crippen LogP contribution is 2.26. The normalized spacial score (nSPS) is 12.4. The zero-order valence-corrected chi connectivity index (χ0v) is 18.4. The number of aliphatic hydroxyl groups is 1. The van der Waals surface area contributed by atoms with E-state index in [0.717, 1.165) is 24.4 Å². The van der Waals surface area contributed by atoms with Crippen LogP contribution in [0.5, 0.6) is 0 Å². The number of nitrogens with zero attached hydrogens (tertiary/aromatic N) is 1. The van der Waals surface area contributed by atoms with E-state index in [4.69, 9.17) is 11.6 Å². The first kappa shape index (κ1) is 22.2. The van der Waals surface area contributed by atoms with Crippen LogP contribution in [-0.4, -0.2) is 30.7 Å². The number of hydrogen-bond donors (Lipinski definition) is 3. The third-order valence-corrected chi connectivity index (χ3v) is 4.81. The number of nitrogens with one attached hydrogen (secondary N) is 2. The minimum atomic E-state index is -0.630. The lowest BCUT2D eigenvalue weighted by Crippen LogP contribution is -2.38. The lowest BCUT2D eigenvalue weighted by Gasteiger charge is -2.13. The van der Waals surface area contributed by atoms with Crippen molar-refractivity contribution in [2.75, 3.05) is 19.6 Å². The molecule has 0 spiro atoms. The van der Waals surface area contributed by atoms with Crippen molar-refractivity contribution in [2.45, 2.75) is 26.4 Å². The largest absolute Gasteiger partial charge is 0.386 e. The topological polar surface area (TPSA) is 56.7 Å². The second-order valence-corrected chi connectivity index (χ2v) is 7.29. The Morgan fingerprint density at radius 2 is 2.08 bits per heavy atom. The summed E-state index contributed by atoms with van der Waals surface area (Å²) >= 11 is 7.28. The molecular weight excluding hydrogens is 469 g/mol. The number of hydrogen-bond acceptors (Lipinski definition) is 3. The molecule has 0 bridgehead atoms. The molecule has 1 aromatic carbocycles. The molecule has 1 unspecified atom stereocenters. The van der Waals surface area contributed by atoms with E-state index in [1.54, 1.807) is 6.07 Å². The molecule has 1 aromatic heterocycles. The third-order valence-electron chi connectivity index (χ3n) is 3.48. The summed E-state index contributed by atoms with van der Waals surface area (Å²) < 4.78 is 0.677. The summed E-state index contributed by atoms with van der Waals surface area (Å²) in [6, 6.07) is 12.1. The van der Waals surface area contributed by atoms with Gasteiger partial charge in [-0.05, 0) is 38.0 Å². The molecule has 25 heavy (non-hydrogen) atoms. The maximum Gasteiger partial charge on any atom is 0.191 e. The molecule has 3 N–H and O–H groups in total. The van der Waals surface area contributed by atoms with E-state index < -0.39 is 6.10 Å². The second-order valence-electron chi connectivity index (χ2n) is 5.54. The van der Waals surface area contributed by atoms with E-state index in [9.17, 15) is 5.11 Å². The van der Waals surface area contributed by atoms with Gasteiger partial charge in [0, 0.05) is 18.0 Å². The molecule has 0 fully saturated rings. The van der Waals surface area contributed by atoms with Gasteiger partial charge in [-0.1, -0.05) is 41.4 Å². The molecule has 0 saturated heterocycles. The van der Waals surface area contributed by atoms with Crippen molar-refractivity contribution < 1.29 is 5.11 Å². The molecule has 0 saturated carbocycles. The molecule has 2 rings (SSSR count). The Balaban J connectivity index is 0.00000312. The van der Waals surface area contributed by atoms with Crippen LogP contribution in [0.3, 0.4) is 0 Å². The Hall–Kier alpha value is -0.830. The van der Waals surface area contributed by atoms with Gasteiger partial charge in [-0.15, -0.1) is 35.3 Å². The zero-order valence-electron chi connectivity index (χ0n) is 14.5. The monoisotopic (exact) mass is 493 g/mol. The smallest absolute Gasteiger partial charge is 0.191 e. The second kappa shape index (κ2) is 11.7. The number of aryl methyl sites for hydroxylation is 1. The van der Waals surface area contributed by atoms with Crippen molar-refractivity contribution in [2.24, 2.45) is 4.99 Å². The summed E-state index contributed by atoms with van der Waals surface area (Å²) in [6.07, 6.45) is 0.296. The number of guanidine groups is 1. The Bertz CT molecular complexity index is 678. The first-order valence-electron chi connectivity index (χ1n) is 8.09. The number of halogens is 2. The molecule has 0 radical (unpaired) electrons. The van der Waals surface area contributed by atoms with Gasteiger partial charge in [0.2, 0.25) is 0 Å². The van der Waals surface area contributed by atoms with Crippen LogP contribution in [0.15, 0.2) is 41.4 Å². The van der Waals surface area contributed by atoms with Crippen LogP contribution in [0.2, 0.25) is 4.34 Å². The van der Waals surface area contributed by atoms with Gasteiger partial charge in [-0.2, -0.15) is 0 Å². The fraction of sp³-hybridized carbons (Fsp3) is 0.389. The van der Waals surface area contributed by atoms with Crippen LogP contribution in [0.4, 0.5) is 0 Å². The highest BCUT2D eigenvalue weighted by Gasteiger charge is 2.10. The average Bonchev–Trinajstić information content (AvgIpc) is 2.99. The summed E-state index contributed by atoms with van der Waals surface area (Å²) in [4.78, 5) is 5.29. The lowest BCUT2D eigenvalue weighted by molar-refractivity contribution is 0.191. The summed E-state index contributed by atoms with van der Waals surface area (Å²) in [6.45, 7) is 5.98. The van der Waals surface area contributed by atoms with Gasteiger partial charge < -0.3 is 15.7 Å². The maximum absolute atomic E-state index is 10.2. The Morgan fingerprint density at radius 1 is 1.28 bits per heavy atom. The number of rotatable bonds is 7. The predicted molar refractivity (Wildman–Crippen MR) is 119 cm³/mol. The highest BCUT2D eigenvalue weighted by molar-refractivity contribution is 14.0. The third kappa shape index (κ3) is 7.94. The van der Waals surface area contributed by atoms with E-state index >= 15 is 0 Å². The van der Waals surface area contributed by atoms with Crippen molar-refractivity contribution in [3.63, 3.8) is 0 Å². The fourth-order valence-corrected chi connectivity index (χ4v) is 3.35. The molecule has 138 valence electrons. The molecule has 7 heteroatoms. The summed E-state index contributed by atoms with van der Waals surface area (Å²) in [5.74, 6) is 0.715. The van der Waals surface area contributed by atoms with Crippen molar-refractivity contribution in [3.8, 4) is 0 Å². The Kier molecular flexibility index (Phi) is 10.4. The number of benzene rings is 1. The van der Waals surface area contributed by atoms with Gasteiger partial charge in [0.15, 0.2) is 5.96 Å². The first-order chi connectivity index (χ1) is 11.6. The minimum absolute atomic E-state index is 0. The molecule has 1 heterocycles. The Labute approximate surface area is 175 Å². The van der Waals surface area contributed by atoms with E-state index in [1.165, 1.54) is 22.5 Å². The quantitative estimate of drug-likeness (QED) is 0.308. The molecule has 1 atom stereocenters. The lowest BCUT2D eigenvalue weighted by atomic mass is 10.1. The minimum Gasteiger partial charge on any atom is -0.386 e. The summed E-state index contributed by atoms with van der Waals surface area (Å²) in [5.41, 5.74) is 2.57. The summed E-state index contributed by atoms with van der Waals surface area (Å²) in [5, 5.41) is 16.7. The van der Waals surface area contributed by atoms with Crippen LogP contribution in [0.1, 0.15) is 29.0 Å². The SMILES string of the molecule is CCNC(=NCC(O)c1ccc(Cl)s1)NCCc1cccc(C)c1.I. The predicted octanol–water partition coefficient (Wildman–Crippen LogP) is 4.16. The molecular formula is C18H25ClIN3OS. The van der Waals surface area contributed by atoms with Crippen molar-refractivity contribution in [1.29, 1.82) is 0 Å². The van der Waals surface area contributed by atoms with Crippen LogP contribution in [0, 0.1) is 6.92 Å². The van der Waals surface area contributed by atoms with Gasteiger partial charge in [0.25, 0.3) is 0 Å². The number of aliphatic imine (C=N–C) groups is 1. The Morgan fingerprint density at radius 3 is 2.72 bits per heavy atom. The standard InChI is InChI=1S/C18H24ClN3OS.HI/c1-3-20-18(21-10-9-14-6-4-5-13(2)11-14)22-12-15(23)16-7-8-17(19)24-16;/h4-8,11,15,23H,3,9-10,12H2,1-2H3,(H2,20,21,22);1H. The fourth-order valence-electron chi connectivity index (χ4n) is 2.31. The summed E-state index contributed by atoms with van der Waals surface area (Å²) in [7, 11) is 0. The van der Waals surface area contributed by atoms with Crippen LogP contribution < -0.4 is 10.6 Å². The molecule has 0 aliphatic rings.